The standard InChI is InChI=1S/C14H16F3N3O2/c15-14(16,17)10-7-18-12(19-8-10)20-5-1-9(2-6-20)13(3-4-13)11(21)22/h7-9H,1-6H2,(H,21,22). The molecular weight excluding hydrogens is 299 g/mol. The zero-order chi connectivity index (χ0) is 16.0. The SMILES string of the molecule is O=C(O)C1(C2CCN(c3ncc(C(F)(F)F)cn3)CC2)CC1. The fourth-order valence-corrected chi connectivity index (χ4v) is 3.19. The van der Waals surface area contributed by atoms with Crippen molar-refractivity contribution in [3.8, 4) is 0 Å². The molecule has 2 heterocycles. The molecule has 1 aromatic heterocycles. The van der Waals surface area contributed by atoms with Crippen molar-refractivity contribution in [2.75, 3.05) is 18.0 Å². The highest BCUT2D eigenvalue weighted by molar-refractivity contribution is 5.78. The molecule has 0 amide bonds. The molecule has 0 spiro atoms. The Morgan fingerprint density at radius 1 is 1.23 bits per heavy atom. The number of piperidine rings is 1. The van der Waals surface area contributed by atoms with E-state index >= 15 is 0 Å². The predicted molar refractivity (Wildman–Crippen MR) is 71.3 cm³/mol. The van der Waals surface area contributed by atoms with E-state index in [1.165, 1.54) is 0 Å². The number of hydrogen-bond acceptors (Lipinski definition) is 4. The van der Waals surface area contributed by atoms with E-state index in [0.717, 1.165) is 25.2 Å². The molecular formula is C14H16F3N3O2. The van der Waals surface area contributed by atoms with Crippen LogP contribution in [0.5, 0.6) is 0 Å². The summed E-state index contributed by atoms with van der Waals surface area (Å²) in [5.41, 5.74) is -1.43. The van der Waals surface area contributed by atoms with E-state index in [1.807, 2.05) is 4.90 Å². The Bertz CT molecular complexity index is 562. The summed E-state index contributed by atoms with van der Waals surface area (Å²) in [4.78, 5) is 20.7. The van der Waals surface area contributed by atoms with Gasteiger partial charge in [0.25, 0.3) is 0 Å². The van der Waals surface area contributed by atoms with E-state index in [0.29, 0.717) is 25.9 Å². The average molecular weight is 315 g/mol. The Morgan fingerprint density at radius 2 is 1.77 bits per heavy atom. The molecule has 3 rings (SSSR count). The Labute approximate surface area is 125 Å². The number of rotatable bonds is 3. The molecule has 1 aliphatic heterocycles. The van der Waals surface area contributed by atoms with Crippen molar-refractivity contribution < 1.29 is 23.1 Å². The summed E-state index contributed by atoms with van der Waals surface area (Å²) in [5, 5.41) is 9.30. The van der Waals surface area contributed by atoms with Crippen LogP contribution in [0.4, 0.5) is 19.1 Å². The largest absolute Gasteiger partial charge is 0.481 e. The zero-order valence-corrected chi connectivity index (χ0v) is 11.8. The van der Waals surface area contributed by atoms with Crippen molar-refractivity contribution in [2.45, 2.75) is 31.9 Å². The van der Waals surface area contributed by atoms with Crippen molar-refractivity contribution in [1.82, 2.24) is 9.97 Å². The zero-order valence-electron chi connectivity index (χ0n) is 11.8. The molecule has 1 saturated heterocycles. The number of aromatic nitrogens is 2. The summed E-state index contributed by atoms with van der Waals surface area (Å²) in [5.74, 6) is -0.320. The molecule has 8 heteroatoms. The third-order valence-electron chi connectivity index (χ3n) is 4.74. The van der Waals surface area contributed by atoms with Crippen molar-refractivity contribution in [2.24, 2.45) is 11.3 Å². The summed E-state index contributed by atoms with van der Waals surface area (Å²) >= 11 is 0. The fraction of sp³-hybridized carbons (Fsp3) is 0.643. The van der Waals surface area contributed by atoms with Gasteiger partial charge in [-0.3, -0.25) is 4.79 Å². The molecule has 2 fully saturated rings. The third-order valence-corrected chi connectivity index (χ3v) is 4.74. The Balaban J connectivity index is 1.63. The van der Waals surface area contributed by atoms with Gasteiger partial charge < -0.3 is 10.0 Å². The van der Waals surface area contributed by atoms with Gasteiger partial charge in [-0.05, 0) is 31.6 Å². The first kappa shape index (κ1) is 15.1. The minimum Gasteiger partial charge on any atom is -0.481 e. The van der Waals surface area contributed by atoms with Crippen molar-refractivity contribution in [1.29, 1.82) is 0 Å². The highest BCUT2D eigenvalue weighted by Crippen LogP contribution is 2.55. The lowest BCUT2D eigenvalue weighted by atomic mass is 9.81. The second kappa shape index (κ2) is 5.10. The average Bonchev–Trinajstić information content (AvgIpc) is 3.28. The van der Waals surface area contributed by atoms with Gasteiger partial charge in [-0.1, -0.05) is 0 Å². The molecule has 1 saturated carbocycles. The topological polar surface area (TPSA) is 66.3 Å². The van der Waals surface area contributed by atoms with Gasteiger partial charge in [0.2, 0.25) is 5.95 Å². The number of nitrogens with zero attached hydrogens (tertiary/aromatic N) is 3. The smallest absolute Gasteiger partial charge is 0.419 e. The van der Waals surface area contributed by atoms with Gasteiger partial charge in [-0.15, -0.1) is 0 Å². The number of hydrogen-bond donors (Lipinski definition) is 1. The number of alkyl halides is 3. The minimum atomic E-state index is -4.44. The van der Waals surface area contributed by atoms with Gasteiger partial charge in [-0.25, -0.2) is 9.97 Å². The third kappa shape index (κ3) is 2.62. The maximum absolute atomic E-state index is 12.5. The molecule has 1 aliphatic carbocycles. The molecule has 0 bridgehead atoms. The van der Waals surface area contributed by atoms with Crippen LogP contribution in [-0.4, -0.2) is 34.1 Å². The van der Waals surface area contributed by atoms with Gasteiger partial charge in [0.15, 0.2) is 0 Å². The first-order valence-corrected chi connectivity index (χ1v) is 7.20. The highest BCUT2D eigenvalue weighted by atomic mass is 19.4. The molecule has 5 nitrogen and oxygen atoms in total. The molecule has 22 heavy (non-hydrogen) atoms. The minimum absolute atomic E-state index is 0.135. The van der Waals surface area contributed by atoms with Gasteiger partial charge in [-0.2, -0.15) is 13.2 Å². The van der Waals surface area contributed by atoms with Crippen LogP contribution in [0.15, 0.2) is 12.4 Å². The van der Waals surface area contributed by atoms with Crippen molar-refractivity contribution in [3.05, 3.63) is 18.0 Å². The number of halogens is 3. The molecule has 0 aromatic carbocycles. The van der Waals surface area contributed by atoms with Crippen LogP contribution in [-0.2, 0) is 11.0 Å². The van der Waals surface area contributed by atoms with Crippen LogP contribution in [0.3, 0.4) is 0 Å². The Hall–Kier alpha value is -1.86. The summed E-state index contributed by atoms with van der Waals surface area (Å²) in [6.45, 7) is 1.15. The summed E-state index contributed by atoms with van der Waals surface area (Å²) in [6.07, 6.45) is -0.00556. The number of carboxylic acids is 1. The van der Waals surface area contributed by atoms with Crippen LogP contribution >= 0.6 is 0 Å². The maximum atomic E-state index is 12.5. The molecule has 2 aliphatic rings. The van der Waals surface area contributed by atoms with E-state index in [2.05, 4.69) is 9.97 Å². The van der Waals surface area contributed by atoms with E-state index in [4.69, 9.17) is 0 Å². The Morgan fingerprint density at radius 3 is 2.18 bits per heavy atom. The molecule has 120 valence electrons. The second-order valence-corrected chi connectivity index (χ2v) is 5.99. The summed E-state index contributed by atoms with van der Waals surface area (Å²) in [7, 11) is 0. The molecule has 0 atom stereocenters. The summed E-state index contributed by atoms with van der Waals surface area (Å²) < 4.78 is 37.4. The first-order valence-electron chi connectivity index (χ1n) is 7.20. The number of aliphatic carboxylic acids is 1. The monoisotopic (exact) mass is 315 g/mol. The van der Waals surface area contributed by atoms with E-state index in [-0.39, 0.29) is 11.9 Å². The lowest BCUT2D eigenvalue weighted by Crippen LogP contribution is -2.39. The maximum Gasteiger partial charge on any atom is 0.419 e. The van der Waals surface area contributed by atoms with Gasteiger partial charge in [0.05, 0.1) is 11.0 Å². The van der Waals surface area contributed by atoms with Crippen molar-refractivity contribution in [3.63, 3.8) is 0 Å². The van der Waals surface area contributed by atoms with Crippen molar-refractivity contribution >= 4 is 11.9 Å². The van der Waals surface area contributed by atoms with E-state index < -0.39 is 23.1 Å². The van der Waals surface area contributed by atoms with E-state index in [9.17, 15) is 23.1 Å². The van der Waals surface area contributed by atoms with Crippen LogP contribution in [0.1, 0.15) is 31.2 Å². The lowest BCUT2D eigenvalue weighted by molar-refractivity contribution is -0.146. The predicted octanol–water partition coefficient (Wildman–Crippen LogP) is 2.58. The number of carboxylic acid groups (broad SMARTS) is 1. The molecule has 0 radical (unpaired) electrons. The number of anilines is 1. The van der Waals surface area contributed by atoms with Gasteiger partial charge >= 0.3 is 12.1 Å². The molecule has 1 aromatic rings. The number of carbonyl (C=O) groups is 1. The van der Waals surface area contributed by atoms with Crippen LogP contribution in [0, 0.1) is 11.3 Å². The van der Waals surface area contributed by atoms with E-state index in [1.54, 1.807) is 0 Å². The molecule has 0 unspecified atom stereocenters. The fourth-order valence-electron chi connectivity index (χ4n) is 3.19. The second-order valence-electron chi connectivity index (χ2n) is 5.99. The van der Waals surface area contributed by atoms with Crippen LogP contribution < -0.4 is 4.90 Å². The Kier molecular flexibility index (Phi) is 3.49. The first-order chi connectivity index (χ1) is 10.3. The highest BCUT2D eigenvalue weighted by Gasteiger charge is 2.56. The summed E-state index contributed by atoms with van der Waals surface area (Å²) in [6, 6.07) is 0. The van der Waals surface area contributed by atoms with Crippen LogP contribution in [0.25, 0.3) is 0 Å². The van der Waals surface area contributed by atoms with Gasteiger partial charge in [0, 0.05) is 25.5 Å². The quantitative estimate of drug-likeness (QED) is 0.928. The van der Waals surface area contributed by atoms with Crippen LogP contribution in [0.2, 0.25) is 0 Å². The lowest BCUT2D eigenvalue weighted by Gasteiger charge is -2.34. The van der Waals surface area contributed by atoms with Gasteiger partial charge in [0.1, 0.15) is 0 Å². The molecule has 1 N–H and O–H groups in total. The normalized spacial score (nSPS) is 21.7.